The minimum atomic E-state index is -0.954. The molecule has 1 aromatic carbocycles. The highest BCUT2D eigenvalue weighted by atomic mass is 16.6. The van der Waals surface area contributed by atoms with Gasteiger partial charge in [-0.25, -0.2) is 0 Å². The van der Waals surface area contributed by atoms with Crippen LogP contribution in [0.2, 0.25) is 0 Å². The fourth-order valence-electron chi connectivity index (χ4n) is 0.977. The number of hydrogen-bond acceptors (Lipinski definition) is 7. The van der Waals surface area contributed by atoms with Crippen LogP contribution in [0, 0.1) is 0 Å². The van der Waals surface area contributed by atoms with E-state index in [1.165, 1.54) is 0 Å². The SMILES string of the molecule is CC(O)Oc1ccccc1.OCC(O)CO.OCCCCO. The highest BCUT2D eigenvalue weighted by molar-refractivity contribution is 5.20. The molecular formula is C15H28O7. The molecule has 1 aromatic rings. The van der Waals surface area contributed by atoms with E-state index in [1.807, 2.05) is 18.2 Å². The van der Waals surface area contributed by atoms with Crippen molar-refractivity contribution in [2.75, 3.05) is 26.4 Å². The molecule has 0 aliphatic heterocycles. The Bertz CT molecular complexity index is 298. The Morgan fingerprint density at radius 1 is 0.864 bits per heavy atom. The van der Waals surface area contributed by atoms with Gasteiger partial charge in [0.2, 0.25) is 0 Å². The number of aliphatic hydroxyl groups excluding tert-OH is 6. The van der Waals surface area contributed by atoms with Crippen LogP contribution in [0.4, 0.5) is 0 Å². The summed E-state index contributed by atoms with van der Waals surface area (Å²) in [4.78, 5) is 0. The first-order valence-corrected chi connectivity index (χ1v) is 7.03. The van der Waals surface area contributed by atoms with Crippen LogP contribution in [0.1, 0.15) is 19.8 Å². The van der Waals surface area contributed by atoms with Gasteiger partial charge < -0.3 is 35.4 Å². The molecule has 0 fully saturated rings. The lowest BCUT2D eigenvalue weighted by Gasteiger charge is -2.06. The molecule has 1 atom stereocenters. The van der Waals surface area contributed by atoms with Crippen LogP contribution in [0.25, 0.3) is 0 Å². The average molecular weight is 320 g/mol. The third-order valence-electron chi connectivity index (χ3n) is 2.04. The highest BCUT2D eigenvalue weighted by Gasteiger charge is 1.94. The number of aliphatic hydroxyl groups is 6. The van der Waals surface area contributed by atoms with Crippen molar-refractivity contribution in [2.45, 2.75) is 32.2 Å². The third-order valence-corrected chi connectivity index (χ3v) is 2.04. The van der Waals surface area contributed by atoms with Gasteiger partial charge >= 0.3 is 0 Å². The fraction of sp³-hybridized carbons (Fsp3) is 0.600. The smallest absolute Gasteiger partial charge is 0.194 e. The topological polar surface area (TPSA) is 131 Å². The van der Waals surface area contributed by atoms with Gasteiger partial charge in [0.05, 0.1) is 13.2 Å². The van der Waals surface area contributed by atoms with Crippen LogP contribution < -0.4 is 4.74 Å². The van der Waals surface area contributed by atoms with Crippen LogP contribution in [0.5, 0.6) is 5.75 Å². The van der Waals surface area contributed by atoms with Gasteiger partial charge in [-0.05, 0) is 31.9 Å². The van der Waals surface area contributed by atoms with Gasteiger partial charge in [0.1, 0.15) is 11.9 Å². The number of rotatable bonds is 7. The molecule has 1 unspecified atom stereocenters. The lowest BCUT2D eigenvalue weighted by atomic mass is 10.3. The summed E-state index contributed by atoms with van der Waals surface area (Å²) in [6.07, 6.45) is -0.250. The van der Waals surface area contributed by atoms with Gasteiger partial charge in [-0.15, -0.1) is 0 Å². The second kappa shape index (κ2) is 17.8. The fourth-order valence-corrected chi connectivity index (χ4v) is 0.977. The minimum absolute atomic E-state index is 0.195. The zero-order valence-electron chi connectivity index (χ0n) is 12.9. The summed E-state index contributed by atoms with van der Waals surface area (Å²) < 4.78 is 4.97. The maximum Gasteiger partial charge on any atom is 0.194 e. The first kappa shape index (κ1) is 23.1. The molecule has 22 heavy (non-hydrogen) atoms. The van der Waals surface area contributed by atoms with E-state index < -0.39 is 12.4 Å². The molecule has 7 nitrogen and oxygen atoms in total. The van der Waals surface area contributed by atoms with E-state index in [-0.39, 0.29) is 26.4 Å². The monoisotopic (exact) mass is 320 g/mol. The largest absolute Gasteiger partial charge is 0.465 e. The number of benzene rings is 1. The summed E-state index contributed by atoms with van der Waals surface area (Å²) in [5.41, 5.74) is 0. The van der Waals surface area contributed by atoms with Crippen LogP contribution in [-0.4, -0.2) is 69.5 Å². The Kier molecular flexibility index (Phi) is 18.7. The van der Waals surface area contributed by atoms with Crippen LogP contribution >= 0.6 is 0 Å². The van der Waals surface area contributed by atoms with E-state index in [2.05, 4.69) is 0 Å². The molecule has 130 valence electrons. The zero-order valence-corrected chi connectivity index (χ0v) is 12.9. The normalized spacial score (nSPS) is 10.9. The molecule has 7 heteroatoms. The molecule has 0 bridgehead atoms. The first-order valence-electron chi connectivity index (χ1n) is 7.03. The lowest BCUT2D eigenvalue weighted by Crippen LogP contribution is -2.15. The van der Waals surface area contributed by atoms with Gasteiger partial charge in [0, 0.05) is 13.2 Å². The summed E-state index contributed by atoms with van der Waals surface area (Å²) in [5, 5.41) is 49.0. The van der Waals surface area contributed by atoms with Gasteiger partial charge in [-0.1, -0.05) is 18.2 Å². The van der Waals surface area contributed by atoms with Crippen molar-refractivity contribution in [3.63, 3.8) is 0 Å². The second-order valence-corrected chi connectivity index (χ2v) is 4.20. The van der Waals surface area contributed by atoms with Gasteiger partial charge in [0.25, 0.3) is 0 Å². The van der Waals surface area contributed by atoms with Crippen molar-refractivity contribution >= 4 is 0 Å². The summed E-state index contributed by atoms with van der Waals surface area (Å²) in [5.74, 6) is 0.692. The molecule has 0 heterocycles. The standard InChI is InChI=1S/C8H10O2.C4H10O2.C3H8O3/c1-7(9)10-8-5-3-2-4-6-8;5-3-1-2-4-6;4-1-3(6)2-5/h2-7,9H,1H3;5-6H,1-4H2;3-6H,1-2H2. The Morgan fingerprint density at radius 3 is 1.59 bits per heavy atom. The summed E-state index contributed by atoms with van der Waals surface area (Å²) >= 11 is 0. The van der Waals surface area contributed by atoms with Crippen LogP contribution in [0.3, 0.4) is 0 Å². The molecular weight excluding hydrogens is 292 g/mol. The average Bonchev–Trinajstić information content (AvgIpc) is 2.53. The Balaban J connectivity index is 0. The van der Waals surface area contributed by atoms with E-state index in [0.29, 0.717) is 5.75 Å². The molecule has 0 aliphatic rings. The number of ether oxygens (including phenoxy) is 1. The molecule has 0 aliphatic carbocycles. The maximum absolute atomic E-state index is 8.78. The number of unbranched alkanes of at least 4 members (excludes halogenated alkanes) is 1. The van der Waals surface area contributed by atoms with Crippen molar-refractivity contribution in [3.05, 3.63) is 30.3 Å². The third kappa shape index (κ3) is 18.8. The molecule has 0 aromatic heterocycles. The number of hydrogen-bond donors (Lipinski definition) is 6. The predicted octanol–water partition coefficient (Wildman–Crippen LogP) is -0.513. The van der Waals surface area contributed by atoms with Crippen molar-refractivity contribution in [1.29, 1.82) is 0 Å². The van der Waals surface area contributed by atoms with Gasteiger partial charge in [0.15, 0.2) is 6.29 Å². The molecule has 6 N–H and O–H groups in total. The van der Waals surface area contributed by atoms with Crippen molar-refractivity contribution in [2.24, 2.45) is 0 Å². The van der Waals surface area contributed by atoms with Gasteiger partial charge in [-0.3, -0.25) is 0 Å². The zero-order chi connectivity index (χ0) is 17.2. The Morgan fingerprint density at radius 2 is 1.32 bits per heavy atom. The van der Waals surface area contributed by atoms with Crippen molar-refractivity contribution in [1.82, 2.24) is 0 Å². The molecule has 1 rings (SSSR count). The molecule has 0 saturated carbocycles. The van der Waals surface area contributed by atoms with E-state index in [4.69, 9.17) is 35.4 Å². The highest BCUT2D eigenvalue weighted by Crippen LogP contribution is 2.09. The first-order chi connectivity index (χ1) is 10.5. The summed E-state index contributed by atoms with van der Waals surface area (Å²) in [7, 11) is 0. The van der Waals surface area contributed by atoms with Crippen molar-refractivity contribution in [3.8, 4) is 5.75 Å². The molecule has 0 radical (unpaired) electrons. The lowest BCUT2D eigenvalue weighted by molar-refractivity contribution is -0.000290. The van der Waals surface area contributed by atoms with E-state index >= 15 is 0 Å². The molecule has 0 saturated heterocycles. The van der Waals surface area contributed by atoms with E-state index in [0.717, 1.165) is 12.8 Å². The second-order valence-electron chi connectivity index (χ2n) is 4.20. The molecule has 0 spiro atoms. The predicted molar refractivity (Wildman–Crippen MR) is 82.3 cm³/mol. The van der Waals surface area contributed by atoms with Crippen molar-refractivity contribution < 1.29 is 35.4 Å². The maximum atomic E-state index is 8.78. The quantitative estimate of drug-likeness (QED) is 0.294. The Hall–Kier alpha value is -1.22. The van der Waals surface area contributed by atoms with Gasteiger partial charge in [-0.2, -0.15) is 0 Å². The summed E-state index contributed by atoms with van der Waals surface area (Å²) in [6, 6.07) is 9.21. The minimum Gasteiger partial charge on any atom is -0.465 e. The van der Waals surface area contributed by atoms with Crippen LogP contribution in [-0.2, 0) is 0 Å². The number of para-hydroxylation sites is 1. The molecule has 0 amide bonds. The van der Waals surface area contributed by atoms with E-state index in [1.54, 1.807) is 19.1 Å². The van der Waals surface area contributed by atoms with E-state index in [9.17, 15) is 0 Å². The summed E-state index contributed by atoms with van der Waals surface area (Å²) in [6.45, 7) is 1.24. The van der Waals surface area contributed by atoms with Crippen LogP contribution in [0.15, 0.2) is 30.3 Å². The Labute approximate surface area is 131 Å².